The first-order valence-corrected chi connectivity index (χ1v) is 7.34. The van der Waals surface area contributed by atoms with Gasteiger partial charge in [-0.05, 0) is 36.5 Å². The molecule has 0 bridgehead atoms. The predicted molar refractivity (Wildman–Crippen MR) is 78.1 cm³/mol. The molecule has 3 heteroatoms. The van der Waals surface area contributed by atoms with Crippen molar-refractivity contribution in [3.63, 3.8) is 0 Å². The van der Waals surface area contributed by atoms with Gasteiger partial charge in [0.25, 0.3) is 0 Å². The summed E-state index contributed by atoms with van der Waals surface area (Å²) in [6.45, 7) is 10.1. The Hall–Kier alpha value is -1.38. The summed E-state index contributed by atoms with van der Waals surface area (Å²) in [4.78, 5) is 23.4. The number of ether oxygens (including phenoxy) is 1. The van der Waals surface area contributed by atoms with Gasteiger partial charge in [0, 0.05) is 18.9 Å². The molecule has 20 heavy (non-hydrogen) atoms. The van der Waals surface area contributed by atoms with Crippen LogP contribution in [0.5, 0.6) is 0 Å². The molecule has 2 aliphatic rings. The lowest BCUT2D eigenvalue weighted by Gasteiger charge is -2.52. The highest BCUT2D eigenvalue weighted by Gasteiger charge is 2.48. The van der Waals surface area contributed by atoms with E-state index in [0.29, 0.717) is 23.8 Å². The average molecular weight is 276 g/mol. The van der Waals surface area contributed by atoms with Gasteiger partial charge in [-0.3, -0.25) is 9.59 Å². The van der Waals surface area contributed by atoms with Gasteiger partial charge in [-0.1, -0.05) is 32.1 Å². The maximum atomic E-state index is 12.4. The minimum atomic E-state index is -0.343. The third-order valence-corrected chi connectivity index (χ3v) is 4.81. The number of esters is 1. The third-order valence-electron chi connectivity index (χ3n) is 4.81. The first-order chi connectivity index (χ1) is 9.31. The van der Waals surface area contributed by atoms with Gasteiger partial charge < -0.3 is 4.74 Å². The Morgan fingerprint density at radius 3 is 2.80 bits per heavy atom. The van der Waals surface area contributed by atoms with E-state index < -0.39 is 0 Å². The number of fused-ring (bicyclic) bond motifs is 1. The van der Waals surface area contributed by atoms with Gasteiger partial charge in [0.2, 0.25) is 0 Å². The fraction of sp³-hybridized carbons (Fsp3) is 0.647. The minimum absolute atomic E-state index is 0.110. The summed E-state index contributed by atoms with van der Waals surface area (Å²) in [7, 11) is 0. The van der Waals surface area contributed by atoms with Crippen LogP contribution < -0.4 is 0 Å². The van der Waals surface area contributed by atoms with E-state index in [0.717, 1.165) is 19.3 Å². The molecule has 0 aliphatic heterocycles. The van der Waals surface area contributed by atoms with E-state index in [4.69, 9.17) is 4.74 Å². The molecule has 2 atom stereocenters. The van der Waals surface area contributed by atoms with Gasteiger partial charge in [0.05, 0.1) is 0 Å². The lowest BCUT2D eigenvalue weighted by atomic mass is 9.52. The smallest absolute Gasteiger partial charge is 0.302 e. The SMILES string of the molecule is C=C1CCC=C(COC(C)=O)C(=O)CC2C1CC2(C)C. The van der Waals surface area contributed by atoms with Crippen LogP contribution in [0.2, 0.25) is 0 Å². The van der Waals surface area contributed by atoms with Crippen molar-refractivity contribution in [2.24, 2.45) is 17.3 Å². The van der Waals surface area contributed by atoms with Crippen molar-refractivity contribution in [2.75, 3.05) is 6.61 Å². The highest BCUT2D eigenvalue weighted by molar-refractivity contribution is 5.96. The van der Waals surface area contributed by atoms with Gasteiger partial charge in [-0.15, -0.1) is 0 Å². The van der Waals surface area contributed by atoms with Gasteiger partial charge >= 0.3 is 5.97 Å². The summed E-state index contributed by atoms with van der Waals surface area (Å²) >= 11 is 0. The maximum Gasteiger partial charge on any atom is 0.302 e. The number of ketones is 1. The van der Waals surface area contributed by atoms with E-state index in [2.05, 4.69) is 20.4 Å². The summed E-state index contributed by atoms with van der Waals surface area (Å²) in [5.74, 6) is 0.644. The van der Waals surface area contributed by atoms with Crippen LogP contribution in [-0.2, 0) is 14.3 Å². The van der Waals surface area contributed by atoms with E-state index in [1.54, 1.807) is 0 Å². The Labute approximate surface area is 121 Å². The quantitative estimate of drug-likeness (QED) is 0.573. The standard InChI is InChI=1S/C17H24O3/c1-11-6-5-7-13(10-20-12(2)18)16(19)8-15-14(11)9-17(15,3)4/h7,14-15H,1,5-6,8-10H2,2-4H3. The summed E-state index contributed by atoms with van der Waals surface area (Å²) in [6.07, 6.45) is 5.33. The zero-order valence-electron chi connectivity index (χ0n) is 12.7. The van der Waals surface area contributed by atoms with Crippen molar-refractivity contribution < 1.29 is 14.3 Å². The second-order valence-electron chi connectivity index (χ2n) is 6.74. The number of carbonyl (C=O) groups excluding carboxylic acids is 2. The monoisotopic (exact) mass is 276 g/mol. The van der Waals surface area contributed by atoms with Crippen LogP contribution in [0.1, 0.15) is 46.5 Å². The number of hydrogen-bond donors (Lipinski definition) is 0. The minimum Gasteiger partial charge on any atom is -0.461 e. The van der Waals surface area contributed by atoms with Crippen LogP contribution in [0.3, 0.4) is 0 Å². The molecular formula is C17H24O3. The van der Waals surface area contributed by atoms with Gasteiger partial charge in [0.1, 0.15) is 6.61 Å². The van der Waals surface area contributed by atoms with E-state index >= 15 is 0 Å². The molecule has 0 N–H and O–H groups in total. The third kappa shape index (κ3) is 3.02. The molecule has 0 aromatic heterocycles. The molecule has 3 nitrogen and oxygen atoms in total. The first kappa shape index (κ1) is 15.0. The zero-order chi connectivity index (χ0) is 14.9. The van der Waals surface area contributed by atoms with Crippen molar-refractivity contribution in [3.05, 3.63) is 23.8 Å². The number of carbonyl (C=O) groups is 2. The Morgan fingerprint density at radius 1 is 1.50 bits per heavy atom. The van der Waals surface area contributed by atoms with Gasteiger partial charge in [-0.2, -0.15) is 0 Å². The van der Waals surface area contributed by atoms with Crippen LogP contribution in [0.15, 0.2) is 23.8 Å². The number of Topliss-reactive ketones (excluding diaryl/α,β-unsaturated/α-hetero) is 1. The molecule has 0 aromatic carbocycles. The second kappa shape index (κ2) is 5.55. The van der Waals surface area contributed by atoms with Crippen LogP contribution in [0, 0.1) is 17.3 Å². The molecule has 0 spiro atoms. The number of rotatable bonds is 2. The molecule has 2 aliphatic carbocycles. The van der Waals surface area contributed by atoms with Crippen molar-refractivity contribution >= 4 is 11.8 Å². The Balaban J connectivity index is 2.13. The van der Waals surface area contributed by atoms with Crippen LogP contribution in [-0.4, -0.2) is 18.4 Å². The number of hydrogen-bond acceptors (Lipinski definition) is 3. The summed E-state index contributed by atoms with van der Waals surface area (Å²) < 4.78 is 5.00. The molecule has 0 heterocycles. The normalized spacial score (nSPS) is 29.2. The fourth-order valence-corrected chi connectivity index (χ4v) is 3.47. The van der Waals surface area contributed by atoms with Crippen molar-refractivity contribution in [2.45, 2.75) is 46.5 Å². The summed E-state index contributed by atoms with van der Waals surface area (Å²) in [5.41, 5.74) is 2.13. The van der Waals surface area contributed by atoms with E-state index in [1.807, 2.05) is 6.08 Å². The largest absolute Gasteiger partial charge is 0.461 e. The van der Waals surface area contributed by atoms with Gasteiger partial charge in [-0.25, -0.2) is 0 Å². The lowest BCUT2D eigenvalue weighted by molar-refractivity contribution is -0.140. The molecule has 2 unspecified atom stereocenters. The summed E-state index contributed by atoms with van der Waals surface area (Å²) in [6, 6.07) is 0. The zero-order valence-corrected chi connectivity index (χ0v) is 12.7. The molecule has 0 aromatic rings. The van der Waals surface area contributed by atoms with Gasteiger partial charge in [0.15, 0.2) is 5.78 Å². The molecule has 110 valence electrons. The topological polar surface area (TPSA) is 43.4 Å². The average Bonchev–Trinajstić information content (AvgIpc) is 2.40. The molecule has 0 radical (unpaired) electrons. The van der Waals surface area contributed by atoms with E-state index in [9.17, 15) is 9.59 Å². The van der Waals surface area contributed by atoms with Crippen LogP contribution in [0.25, 0.3) is 0 Å². The van der Waals surface area contributed by atoms with Crippen molar-refractivity contribution in [3.8, 4) is 0 Å². The maximum absolute atomic E-state index is 12.4. The van der Waals surface area contributed by atoms with Crippen LogP contribution >= 0.6 is 0 Å². The Bertz CT molecular complexity index is 471. The van der Waals surface area contributed by atoms with E-state index in [-0.39, 0.29) is 23.8 Å². The molecule has 2 rings (SSSR count). The fourth-order valence-electron chi connectivity index (χ4n) is 3.47. The Kier molecular flexibility index (Phi) is 4.17. The highest BCUT2D eigenvalue weighted by Crippen LogP contribution is 2.56. The number of allylic oxidation sites excluding steroid dienone is 2. The van der Waals surface area contributed by atoms with E-state index in [1.165, 1.54) is 12.5 Å². The van der Waals surface area contributed by atoms with Crippen molar-refractivity contribution in [1.29, 1.82) is 0 Å². The molecule has 1 fully saturated rings. The predicted octanol–water partition coefficient (Wildman–Crippen LogP) is 3.45. The summed E-state index contributed by atoms with van der Waals surface area (Å²) in [5, 5.41) is 0. The molecule has 0 saturated heterocycles. The lowest BCUT2D eigenvalue weighted by Crippen LogP contribution is -2.45. The molecule has 0 amide bonds. The molecular weight excluding hydrogens is 252 g/mol. The Morgan fingerprint density at radius 2 is 2.20 bits per heavy atom. The second-order valence-corrected chi connectivity index (χ2v) is 6.74. The molecule has 1 saturated carbocycles. The van der Waals surface area contributed by atoms with Crippen LogP contribution in [0.4, 0.5) is 0 Å². The van der Waals surface area contributed by atoms with Crippen molar-refractivity contribution in [1.82, 2.24) is 0 Å². The first-order valence-electron chi connectivity index (χ1n) is 7.34. The highest BCUT2D eigenvalue weighted by atomic mass is 16.5.